The average Bonchev–Trinajstić information content (AvgIpc) is 2.83. The Hall–Kier alpha value is -0.610. The molecule has 0 aromatic heterocycles. The zero-order valence-corrected chi connectivity index (χ0v) is 10.1. The second kappa shape index (κ2) is 5.64. The Morgan fingerprint density at radius 2 is 2.38 bits per heavy atom. The third-order valence-corrected chi connectivity index (χ3v) is 3.60. The van der Waals surface area contributed by atoms with Crippen molar-refractivity contribution in [2.75, 3.05) is 32.8 Å². The van der Waals surface area contributed by atoms with E-state index in [2.05, 4.69) is 5.32 Å². The molecule has 0 aliphatic carbocycles. The number of hydrogen-bond donors (Lipinski definition) is 1. The highest BCUT2D eigenvalue weighted by atomic mass is 16.5. The molecule has 92 valence electrons. The minimum atomic E-state index is 0.302. The monoisotopic (exact) mass is 226 g/mol. The first kappa shape index (κ1) is 11.9. The van der Waals surface area contributed by atoms with Crippen molar-refractivity contribution in [1.29, 1.82) is 0 Å². The number of ether oxygens (including phenoxy) is 1. The van der Waals surface area contributed by atoms with Crippen LogP contribution in [0.2, 0.25) is 0 Å². The molecule has 16 heavy (non-hydrogen) atoms. The molecule has 2 heterocycles. The van der Waals surface area contributed by atoms with Gasteiger partial charge in [0.15, 0.2) is 0 Å². The number of fused-ring (bicyclic) bond motifs is 1. The fourth-order valence-electron chi connectivity index (χ4n) is 2.68. The van der Waals surface area contributed by atoms with Crippen molar-refractivity contribution in [1.82, 2.24) is 10.2 Å². The molecular weight excluding hydrogens is 204 g/mol. The van der Waals surface area contributed by atoms with E-state index in [0.29, 0.717) is 30.9 Å². The van der Waals surface area contributed by atoms with Crippen LogP contribution in [0.25, 0.3) is 0 Å². The predicted molar refractivity (Wildman–Crippen MR) is 62.2 cm³/mol. The average molecular weight is 226 g/mol. The van der Waals surface area contributed by atoms with Gasteiger partial charge in [0.25, 0.3) is 0 Å². The lowest BCUT2D eigenvalue weighted by Gasteiger charge is -2.17. The lowest BCUT2D eigenvalue weighted by Crippen LogP contribution is -2.33. The van der Waals surface area contributed by atoms with Gasteiger partial charge in [-0.05, 0) is 32.2 Å². The molecule has 2 atom stereocenters. The molecule has 2 aliphatic heterocycles. The van der Waals surface area contributed by atoms with Crippen LogP contribution in [0.15, 0.2) is 0 Å². The Morgan fingerprint density at radius 3 is 3.12 bits per heavy atom. The Labute approximate surface area is 97.3 Å². The van der Waals surface area contributed by atoms with Crippen molar-refractivity contribution in [2.24, 2.45) is 5.92 Å². The van der Waals surface area contributed by atoms with Crippen LogP contribution in [0.4, 0.5) is 0 Å². The predicted octanol–water partition coefficient (Wildman–Crippen LogP) is 0.623. The number of rotatable bonds is 5. The fraction of sp³-hybridized carbons (Fsp3) is 0.917. The van der Waals surface area contributed by atoms with E-state index >= 15 is 0 Å². The van der Waals surface area contributed by atoms with E-state index in [9.17, 15) is 4.79 Å². The van der Waals surface area contributed by atoms with Crippen LogP contribution < -0.4 is 5.32 Å². The summed E-state index contributed by atoms with van der Waals surface area (Å²) in [4.78, 5) is 13.9. The van der Waals surface area contributed by atoms with Gasteiger partial charge in [-0.2, -0.15) is 0 Å². The third kappa shape index (κ3) is 2.74. The summed E-state index contributed by atoms with van der Waals surface area (Å²) in [6.07, 6.45) is 2.72. The highest BCUT2D eigenvalue weighted by Gasteiger charge is 2.37. The molecule has 0 aromatic rings. The molecule has 4 nitrogen and oxygen atoms in total. The van der Waals surface area contributed by atoms with Gasteiger partial charge in [0.1, 0.15) is 0 Å². The van der Waals surface area contributed by atoms with Crippen molar-refractivity contribution >= 4 is 5.91 Å². The largest absolute Gasteiger partial charge is 0.382 e. The van der Waals surface area contributed by atoms with E-state index in [1.807, 2.05) is 11.8 Å². The number of carbonyl (C=O) groups is 1. The van der Waals surface area contributed by atoms with Gasteiger partial charge in [0, 0.05) is 38.8 Å². The summed E-state index contributed by atoms with van der Waals surface area (Å²) in [5.41, 5.74) is 0. The zero-order valence-electron chi connectivity index (χ0n) is 10.1. The number of nitrogens with zero attached hydrogens (tertiary/aromatic N) is 1. The molecule has 4 heteroatoms. The SMILES string of the molecule is CCOCCCC(=O)N1C[C@@H]2CCN[C@@H]2C1. The minimum absolute atomic E-state index is 0.302. The van der Waals surface area contributed by atoms with Gasteiger partial charge in [-0.3, -0.25) is 4.79 Å². The summed E-state index contributed by atoms with van der Waals surface area (Å²) < 4.78 is 5.24. The van der Waals surface area contributed by atoms with Crippen LogP contribution in [0.5, 0.6) is 0 Å². The first-order chi connectivity index (χ1) is 7.81. The Morgan fingerprint density at radius 1 is 1.50 bits per heavy atom. The van der Waals surface area contributed by atoms with Crippen molar-refractivity contribution in [3.8, 4) is 0 Å². The normalized spacial score (nSPS) is 28.4. The van der Waals surface area contributed by atoms with Crippen LogP contribution >= 0.6 is 0 Å². The molecular formula is C12H22N2O2. The summed E-state index contributed by atoms with van der Waals surface area (Å²) >= 11 is 0. The maximum absolute atomic E-state index is 11.9. The topological polar surface area (TPSA) is 41.6 Å². The number of nitrogens with one attached hydrogen (secondary N) is 1. The molecule has 2 rings (SSSR count). The molecule has 0 aromatic carbocycles. The van der Waals surface area contributed by atoms with Crippen LogP contribution in [0.3, 0.4) is 0 Å². The number of likely N-dealkylation sites (tertiary alicyclic amines) is 1. The van der Waals surface area contributed by atoms with Gasteiger partial charge in [-0.25, -0.2) is 0 Å². The molecule has 0 bridgehead atoms. The van der Waals surface area contributed by atoms with Crippen LogP contribution in [-0.4, -0.2) is 49.7 Å². The molecule has 0 radical (unpaired) electrons. The van der Waals surface area contributed by atoms with E-state index in [0.717, 1.165) is 32.7 Å². The van der Waals surface area contributed by atoms with E-state index in [4.69, 9.17) is 4.74 Å². The molecule has 0 unspecified atom stereocenters. The van der Waals surface area contributed by atoms with Crippen LogP contribution in [0.1, 0.15) is 26.2 Å². The molecule has 1 N–H and O–H groups in total. The van der Waals surface area contributed by atoms with Gasteiger partial charge < -0.3 is 15.0 Å². The fourth-order valence-corrected chi connectivity index (χ4v) is 2.68. The van der Waals surface area contributed by atoms with Gasteiger partial charge in [0.05, 0.1) is 0 Å². The number of hydrogen-bond acceptors (Lipinski definition) is 3. The first-order valence-corrected chi connectivity index (χ1v) is 6.40. The van der Waals surface area contributed by atoms with Gasteiger partial charge in [-0.15, -0.1) is 0 Å². The minimum Gasteiger partial charge on any atom is -0.382 e. The first-order valence-electron chi connectivity index (χ1n) is 6.40. The van der Waals surface area contributed by atoms with Crippen LogP contribution in [0, 0.1) is 5.92 Å². The number of carbonyl (C=O) groups excluding carboxylic acids is 1. The van der Waals surface area contributed by atoms with Crippen molar-refractivity contribution in [2.45, 2.75) is 32.2 Å². The molecule has 0 spiro atoms. The standard InChI is InChI=1S/C12H22N2O2/c1-2-16-7-3-4-12(15)14-8-10-5-6-13-11(10)9-14/h10-11,13H,2-9H2,1H3/t10-,11+/m0/s1. The Kier molecular flexibility index (Phi) is 4.18. The van der Waals surface area contributed by atoms with E-state index < -0.39 is 0 Å². The molecule has 2 fully saturated rings. The highest BCUT2D eigenvalue weighted by Crippen LogP contribution is 2.24. The highest BCUT2D eigenvalue weighted by molar-refractivity contribution is 5.76. The van der Waals surface area contributed by atoms with E-state index in [1.54, 1.807) is 0 Å². The summed E-state index contributed by atoms with van der Waals surface area (Å²) in [6.45, 7) is 6.44. The van der Waals surface area contributed by atoms with Crippen LogP contribution in [-0.2, 0) is 9.53 Å². The molecule has 2 aliphatic rings. The van der Waals surface area contributed by atoms with E-state index in [1.165, 1.54) is 6.42 Å². The van der Waals surface area contributed by atoms with E-state index in [-0.39, 0.29) is 0 Å². The Balaban J connectivity index is 1.66. The second-order valence-corrected chi connectivity index (χ2v) is 4.71. The zero-order chi connectivity index (χ0) is 11.4. The second-order valence-electron chi connectivity index (χ2n) is 4.71. The lowest BCUT2D eigenvalue weighted by atomic mass is 10.1. The van der Waals surface area contributed by atoms with Crippen molar-refractivity contribution in [3.63, 3.8) is 0 Å². The van der Waals surface area contributed by atoms with Gasteiger partial charge in [-0.1, -0.05) is 0 Å². The van der Waals surface area contributed by atoms with Crippen molar-refractivity contribution < 1.29 is 9.53 Å². The van der Waals surface area contributed by atoms with Gasteiger partial charge in [0.2, 0.25) is 5.91 Å². The maximum Gasteiger partial charge on any atom is 0.222 e. The van der Waals surface area contributed by atoms with Crippen molar-refractivity contribution in [3.05, 3.63) is 0 Å². The third-order valence-electron chi connectivity index (χ3n) is 3.60. The Bertz CT molecular complexity index is 233. The molecule has 2 saturated heterocycles. The summed E-state index contributed by atoms with van der Waals surface area (Å²) in [5.74, 6) is 1.01. The smallest absolute Gasteiger partial charge is 0.222 e. The quantitative estimate of drug-likeness (QED) is 0.699. The summed E-state index contributed by atoms with van der Waals surface area (Å²) in [6, 6.07) is 0.566. The molecule has 0 saturated carbocycles. The van der Waals surface area contributed by atoms with Gasteiger partial charge >= 0.3 is 0 Å². The maximum atomic E-state index is 11.9. The lowest BCUT2D eigenvalue weighted by molar-refractivity contribution is -0.130. The number of amides is 1. The summed E-state index contributed by atoms with van der Waals surface area (Å²) in [5, 5.41) is 3.46. The summed E-state index contributed by atoms with van der Waals surface area (Å²) in [7, 11) is 0. The molecule has 1 amide bonds.